The molecule has 6 heteroatoms. The van der Waals surface area contributed by atoms with Gasteiger partial charge in [0.1, 0.15) is 5.82 Å². The summed E-state index contributed by atoms with van der Waals surface area (Å²) in [5, 5.41) is 0. The molecule has 2 aromatic rings. The van der Waals surface area contributed by atoms with Crippen LogP contribution in [0.25, 0.3) is 0 Å². The van der Waals surface area contributed by atoms with Gasteiger partial charge in [0.15, 0.2) is 5.78 Å². The number of amides is 2. The van der Waals surface area contributed by atoms with Gasteiger partial charge in [0.05, 0.1) is 13.1 Å². The second-order valence-corrected chi connectivity index (χ2v) is 6.43. The maximum atomic E-state index is 13.1. The third-order valence-electron chi connectivity index (χ3n) is 4.59. The molecule has 1 aromatic carbocycles. The van der Waals surface area contributed by atoms with E-state index in [2.05, 4.69) is 4.98 Å². The number of ketones is 1. The van der Waals surface area contributed by atoms with Crippen LogP contribution >= 0.6 is 0 Å². The first kappa shape index (κ1) is 18.1. The van der Waals surface area contributed by atoms with Crippen LogP contribution in [0.5, 0.6) is 0 Å². The van der Waals surface area contributed by atoms with Crippen molar-refractivity contribution in [3.63, 3.8) is 0 Å². The number of hydrogen-bond donors (Lipinski definition) is 1. The molecule has 0 bridgehead atoms. The van der Waals surface area contributed by atoms with Crippen LogP contribution in [0.2, 0.25) is 0 Å². The van der Waals surface area contributed by atoms with E-state index in [9.17, 15) is 9.59 Å². The van der Waals surface area contributed by atoms with E-state index >= 15 is 0 Å². The Morgan fingerprint density at radius 3 is 2.38 bits per heavy atom. The number of pyridine rings is 1. The minimum Gasteiger partial charge on any atom is -0.324 e. The topological polar surface area (TPSA) is 79.5 Å². The summed E-state index contributed by atoms with van der Waals surface area (Å²) in [5.74, 6) is 0.535. The predicted molar refractivity (Wildman–Crippen MR) is 101 cm³/mol. The zero-order chi connectivity index (χ0) is 18.4. The van der Waals surface area contributed by atoms with Gasteiger partial charge in [-0.15, -0.1) is 0 Å². The van der Waals surface area contributed by atoms with Gasteiger partial charge in [-0.05, 0) is 37.0 Å². The lowest BCUT2D eigenvalue weighted by Gasteiger charge is -2.32. The molecule has 136 valence electrons. The SMILES string of the molecule is NCC(=O)c1ccc(CN(C(=O)N2CCCCC2)c2ccccn2)cc1. The summed E-state index contributed by atoms with van der Waals surface area (Å²) in [7, 11) is 0. The molecule has 0 saturated carbocycles. The van der Waals surface area contributed by atoms with E-state index in [0.29, 0.717) is 17.9 Å². The number of nitrogens with zero attached hydrogens (tertiary/aromatic N) is 3. The average molecular weight is 352 g/mol. The lowest BCUT2D eigenvalue weighted by molar-refractivity contribution is 0.100. The predicted octanol–water partition coefficient (Wildman–Crippen LogP) is 2.84. The van der Waals surface area contributed by atoms with Crippen molar-refractivity contribution in [2.24, 2.45) is 5.73 Å². The van der Waals surface area contributed by atoms with E-state index in [1.54, 1.807) is 23.2 Å². The summed E-state index contributed by atoms with van der Waals surface area (Å²) in [6.45, 7) is 1.97. The van der Waals surface area contributed by atoms with Gasteiger partial charge in [0.2, 0.25) is 0 Å². The smallest absolute Gasteiger partial charge is 0.324 e. The van der Waals surface area contributed by atoms with Crippen molar-refractivity contribution in [2.45, 2.75) is 25.8 Å². The van der Waals surface area contributed by atoms with Crippen LogP contribution in [0.3, 0.4) is 0 Å². The maximum absolute atomic E-state index is 13.1. The quantitative estimate of drug-likeness (QED) is 0.839. The molecule has 0 radical (unpaired) electrons. The molecule has 6 nitrogen and oxygen atoms in total. The molecule has 2 heterocycles. The number of anilines is 1. The molecule has 0 atom stereocenters. The first-order chi connectivity index (χ1) is 12.7. The van der Waals surface area contributed by atoms with Crippen LogP contribution in [0.1, 0.15) is 35.2 Å². The summed E-state index contributed by atoms with van der Waals surface area (Å²) in [6, 6.07) is 12.8. The van der Waals surface area contributed by atoms with E-state index in [4.69, 9.17) is 5.73 Å². The highest BCUT2D eigenvalue weighted by Gasteiger charge is 2.24. The van der Waals surface area contributed by atoms with E-state index in [-0.39, 0.29) is 18.4 Å². The number of carbonyl (C=O) groups excluding carboxylic acids is 2. The van der Waals surface area contributed by atoms with Gasteiger partial charge in [-0.1, -0.05) is 30.3 Å². The van der Waals surface area contributed by atoms with Crippen molar-refractivity contribution in [2.75, 3.05) is 24.5 Å². The monoisotopic (exact) mass is 352 g/mol. The Morgan fingerprint density at radius 2 is 1.77 bits per heavy atom. The molecule has 1 aliphatic rings. The molecular formula is C20H24N4O2. The lowest BCUT2D eigenvalue weighted by Crippen LogP contribution is -2.45. The minimum atomic E-state index is -0.0949. The first-order valence-corrected chi connectivity index (χ1v) is 8.98. The average Bonchev–Trinajstić information content (AvgIpc) is 2.72. The fourth-order valence-corrected chi connectivity index (χ4v) is 3.11. The molecule has 0 aliphatic carbocycles. The molecule has 2 N–H and O–H groups in total. The summed E-state index contributed by atoms with van der Waals surface area (Å²) in [6.07, 6.45) is 4.94. The number of Topliss-reactive ketones (excluding diaryl/α,β-unsaturated/α-hetero) is 1. The van der Waals surface area contributed by atoms with Crippen molar-refractivity contribution < 1.29 is 9.59 Å². The van der Waals surface area contributed by atoms with Gasteiger partial charge in [0.25, 0.3) is 0 Å². The minimum absolute atomic E-state index is 0.00709. The number of hydrogen-bond acceptors (Lipinski definition) is 4. The summed E-state index contributed by atoms with van der Waals surface area (Å²) >= 11 is 0. The summed E-state index contributed by atoms with van der Waals surface area (Å²) in [4.78, 5) is 32.7. The highest BCUT2D eigenvalue weighted by Crippen LogP contribution is 2.19. The molecule has 0 unspecified atom stereocenters. The van der Waals surface area contributed by atoms with Gasteiger partial charge in [0, 0.05) is 24.8 Å². The van der Waals surface area contributed by atoms with Crippen molar-refractivity contribution in [1.82, 2.24) is 9.88 Å². The standard InChI is InChI=1S/C20H24N4O2/c21-14-18(25)17-9-7-16(8-10-17)15-24(19-6-2-3-11-22-19)20(26)23-12-4-1-5-13-23/h2-3,6-11H,1,4-5,12-15,21H2. The largest absolute Gasteiger partial charge is 0.325 e. The van der Waals surface area contributed by atoms with Crippen LogP contribution in [0, 0.1) is 0 Å². The highest BCUT2D eigenvalue weighted by molar-refractivity contribution is 5.97. The molecule has 3 rings (SSSR count). The second kappa shape index (κ2) is 8.58. The van der Waals surface area contributed by atoms with E-state index in [1.165, 1.54) is 6.42 Å². The molecule has 1 aliphatic heterocycles. The Morgan fingerprint density at radius 1 is 1.04 bits per heavy atom. The molecule has 0 spiro atoms. The number of piperidine rings is 1. The number of nitrogens with two attached hydrogens (primary N) is 1. The third kappa shape index (κ3) is 4.26. The Kier molecular flexibility index (Phi) is 5.96. The van der Waals surface area contributed by atoms with Gasteiger partial charge >= 0.3 is 6.03 Å². The number of rotatable bonds is 5. The number of carbonyl (C=O) groups is 2. The first-order valence-electron chi connectivity index (χ1n) is 8.98. The zero-order valence-corrected chi connectivity index (χ0v) is 14.8. The molecule has 1 fully saturated rings. The Bertz CT molecular complexity index is 740. The summed E-state index contributed by atoms with van der Waals surface area (Å²) < 4.78 is 0. The van der Waals surface area contributed by atoms with Crippen molar-refractivity contribution in [3.05, 3.63) is 59.8 Å². The van der Waals surface area contributed by atoms with E-state index < -0.39 is 0 Å². The van der Waals surface area contributed by atoms with Crippen LogP contribution in [-0.2, 0) is 6.54 Å². The van der Waals surface area contributed by atoms with Gasteiger partial charge in [-0.2, -0.15) is 0 Å². The van der Waals surface area contributed by atoms with Crippen LogP contribution in [0.4, 0.5) is 10.6 Å². The molecule has 1 saturated heterocycles. The normalized spacial score (nSPS) is 14.1. The van der Waals surface area contributed by atoms with E-state index in [0.717, 1.165) is 31.5 Å². The van der Waals surface area contributed by atoms with Gasteiger partial charge < -0.3 is 10.6 Å². The second-order valence-electron chi connectivity index (χ2n) is 6.43. The number of urea groups is 1. The third-order valence-corrected chi connectivity index (χ3v) is 4.59. The van der Waals surface area contributed by atoms with Crippen molar-refractivity contribution in [1.29, 1.82) is 0 Å². The van der Waals surface area contributed by atoms with Crippen molar-refractivity contribution in [3.8, 4) is 0 Å². The Balaban J connectivity index is 1.81. The fraction of sp³-hybridized carbons (Fsp3) is 0.350. The number of likely N-dealkylation sites (tertiary alicyclic amines) is 1. The van der Waals surface area contributed by atoms with Crippen LogP contribution in [-0.4, -0.2) is 41.3 Å². The molecule has 26 heavy (non-hydrogen) atoms. The van der Waals surface area contributed by atoms with E-state index in [1.807, 2.05) is 35.2 Å². The zero-order valence-electron chi connectivity index (χ0n) is 14.8. The van der Waals surface area contributed by atoms with Crippen LogP contribution < -0.4 is 10.6 Å². The van der Waals surface area contributed by atoms with Gasteiger partial charge in [-0.3, -0.25) is 9.69 Å². The fourth-order valence-electron chi connectivity index (χ4n) is 3.11. The molecule has 1 aromatic heterocycles. The van der Waals surface area contributed by atoms with Gasteiger partial charge in [-0.25, -0.2) is 9.78 Å². The number of benzene rings is 1. The lowest BCUT2D eigenvalue weighted by atomic mass is 10.1. The maximum Gasteiger partial charge on any atom is 0.325 e. The highest BCUT2D eigenvalue weighted by atomic mass is 16.2. The summed E-state index contributed by atoms with van der Waals surface area (Å²) in [5.41, 5.74) is 6.93. The number of aromatic nitrogens is 1. The van der Waals surface area contributed by atoms with Crippen LogP contribution in [0.15, 0.2) is 48.7 Å². The Labute approximate surface area is 153 Å². The Hall–Kier alpha value is -2.73. The van der Waals surface area contributed by atoms with Crippen molar-refractivity contribution >= 4 is 17.6 Å². The molecular weight excluding hydrogens is 328 g/mol. The molecule has 2 amide bonds.